The smallest absolute Gasteiger partial charge is 0.332 e. The predicted octanol–water partition coefficient (Wildman–Crippen LogP) is 2.71. The van der Waals surface area contributed by atoms with E-state index in [0.29, 0.717) is 19.1 Å². The van der Waals surface area contributed by atoms with Gasteiger partial charge in [0.15, 0.2) is 11.2 Å². The summed E-state index contributed by atoms with van der Waals surface area (Å²) in [6, 6.07) is 0. The molecule has 0 radical (unpaired) electrons. The number of epoxide rings is 1. The molecule has 0 bridgehead atoms. The van der Waals surface area contributed by atoms with E-state index < -0.39 is 11.0 Å². The van der Waals surface area contributed by atoms with Crippen LogP contribution in [-0.4, -0.2) is 37.3 Å². The van der Waals surface area contributed by atoms with Crippen molar-refractivity contribution in [3.8, 4) is 0 Å². The molecule has 1 fully saturated rings. The van der Waals surface area contributed by atoms with E-state index >= 15 is 0 Å². The predicted molar refractivity (Wildman–Crippen MR) is 111 cm³/mol. The van der Waals surface area contributed by atoms with Crippen molar-refractivity contribution >= 4 is 17.1 Å². The zero-order chi connectivity index (χ0) is 21.2. The summed E-state index contributed by atoms with van der Waals surface area (Å²) in [4.78, 5) is 42.8. The second-order valence-electron chi connectivity index (χ2n) is 8.64. The number of hydrogen-bond donors (Lipinski definition) is 0. The highest BCUT2D eigenvalue weighted by atomic mass is 16.6. The minimum absolute atomic E-state index is 0.183. The highest BCUT2D eigenvalue weighted by Gasteiger charge is 2.30. The van der Waals surface area contributed by atoms with E-state index in [2.05, 4.69) is 4.98 Å². The molecule has 3 heterocycles. The number of imidazole rings is 1. The van der Waals surface area contributed by atoms with Gasteiger partial charge < -0.3 is 4.74 Å². The Kier molecular flexibility index (Phi) is 6.41. The lowest BCUT2D eigenvalue weighted by Gasteiger charge is -2.21. The molecule has 0 amide bonds. The van der Waals surface area contributed by atoms with Gasteiger partial charge >= 0.3 is 5.69 Å². The third-order valence-electron chi connectivity index (χ3n) is 6.02. The quantitative estimate of drug-likeness (QED) is 0.448. The van der Waals surface area contributed by atoms with Crippen molar-refractivity contribution in [2.24, 2.45) is 12.5 Å². The molecule has 0 saturated carbocycles. The average Bonchev–Trinajstić information content (AvgIpc) is 3.42. The van der Waals surface area contributed by atoms with Crippen LogP contribution < -0.4 is 11.2 Å². The molecule has 29 heavy (non-hydrogen) atoms. The Balaban J connectivity index is 1.76. The molecule has 2 aromatic heterocycles. The molecule has 1 aliphatic heterocycles. The molecule has 8 nitrogen and oxygen atoms in total. The standard InChI is InChI=1S/C21H32N4O4/c1-5-21(2,3)19(27)25-14-22-17-16(25)18(26)24(20(28)23(17)4)12-10-8-6-7-9-11-15-13-29-15/h14-15H,5-13H2,1-4H3. The molecule has 1 aliphatic rings. The Morgan fingerprint density at radius 1 is 1.21 bits per heavy atom. The molecule has 1 atom stereocenters. The van der Waals surface area contributed by atoms with Gasteiger partial charge in [0.2, 0.25) is 5.91 Å². The van der Waals surface area contributed by atoms with E-state index in [4.69, 9.17) is 4.74 Å². The fourth-order valence-corrected chi connectivity index (χ4v) is 3.50. The summed E-state index contributed by atoms with van der Waals surface area (Å²) in [5.74, 6) is -0.190. The van der Waals surface area contributed by atoms with Gasteiger partial charge in [-0.25, -0.2) is 9.78 Å². The molecule has 160 valence electrons. The summed E-state index contributed by atoms with van der Waals surface area (Å²) in [7, 11) is 1.59. The Morgan fingerprint density at radius 2 is 1.86 bits per heavy atom. The number of nitrogens with zero attached hydrogens (tertiary/aromatic N) is 4. The highest BCUT2D eigenvalue weighted by Crippen LogP contribution is 2.23. The van der Waals surface area contributed by atoms with E-state index in [1.807, 2.05) is 20.8 Å². The summed E-state index contributed by atoms with van der Waals surface area (Å²) in [5.41, 5.74) is -1.01. The van der Waals surface area contributed by atoms with E-state index in [0.717, 1.165) is 45.1 Å². The van der Waals surface area contributed by atoms with Crippen LogP contribution in [0.15, 0.2) is 15.9 Å². The third kappa shape index (κ3) is 4.52. The lowest BCUT2D eigenvalue weighted by atomic mass is 9.89. The topological polar surface area (TPSA) is 91.4 Å². The summed E-state index contributed by atoms with van der Waals surface area (Å²) in [5, 5.41) is 0. The number of unbranched alkanes of at least 4 members (excludes halogenated alkanes) is 4. The molecule has 0 aromatic carbocycles. The maximum Gasteiger partial charge on any atom is 0.332 e. The van der Waals surface area contributed by atoms with Crippen molar-refractivity contribution in [2.75, 3.05) is 6.61 Å². The molecule has 0 N–H and O–H groups in total. The largest absolute Gasteiger partial charge is 0.373 e. The van der Waals surface area contributed by atoms with Crippen molar-refractivity contribution in [1.82, 2.24) is 18.7 Å². The fourth-order valence-electron chi connectivity index (χ4n) is 3.50. The minimum atomic E-state index is -0.620. The first-order valence-corrected chi connectivity index (χ1v) is 10.6. The SMILES string of the molecule is CCC(C)(C)C(=O)n1cnc2c1c(=O)n(CCCCCCCC1CO1)c(=O)n2C. The maximum absolute atomic E-state index is 13.1. The van der Waals surface area contributed by atoms with Crippen LogP contribution in [0, 0.1) is 5.41 Å². The number of rotatable bonds is 10. The number of aromatic nitrogens is 4. The van der Waals surface area contributed by atoms with Crippen LogP contribution in [0.2, 0.25) is 0 Å². The maximum atomic E-state index is 13.1. The number of ether oxygens (including phenoxy) is 1. The van der Waals surface area contributed by atoms with E-state index in [9.17, 15) is 14.4 Å². The summed E-state index contributed by atoms with van der Waals surface area (Å²) >= 11 is 0. The van der Waals surface area contributed by atoms with Gasteiger partial charge in [-0.15, -0.1) is 0 Å². The first-order chi connectivity index (χ1) is 13.8. The Morgan fingerprint density at radius 3 is 2.52 bits per heavy atom. The van der Waals surface area contributed by atoms with Gasteiger partial charge in [-0.1, -0.05) is 46.5 Å². The van der Waals surface area contributed by atoms with Crippen LogP contribution in [0.25, 0.3) is 11.2 Å². The van der Waals surface area contributed by atoms with Crippen LogP contribution in [0.4, 0.5) is 0 Å². The van der Waals surface area contributed by atoms with Gasteiger partial charge in [0, 0.05) is 19.0 Å². The number of aryl methyl sites for hydroxylation is 1. The Hall–Kier alpha value is -2.22. The van der Waals surface area contributed by atoms with Crippen molar-refractivity contribution in [2.45, 2.75) is 78.4 Å². The number of hydrogen-bond acceptors (Lipinski definition) is 5. The number of carbonyl (C=O) groups excluding carboxylic acids is 1. The molecule has 1 saturated heterocycles. The summed E-state index contributed by atoms with van der Waals surface area (Å²) < 4.78 is 9.12. The second kappa shape index (κ2) is 8.65. The average molecular weight is 405 g/mol. The summed E-state index contributed by atoms with van der Waals surface area (Å²) in [6.45, 7) is 6.88. The van der Waals surface area contributed by atoms with Crippen molar-refractivity contribution in [3.63, 3.8) is 0 Å². The molecular formula is C21H32N4O4. The summed E-state index contributed by atoms with van der Waals surface area (Å²) in [6.07, 6.45) is 8.69. The van der Waals surface area contributed by atoms with Crippen LogP contribution in [-0.2, 0) is 18.3 Å². The zero-order valence-electron chi connectivity index (χ0n) is 17.9. The van der Waals surface area contributed by atoms with Gasteiger partial charge in [0.05, 0.1) is 12.7 Å². The molecule has 0 spiro atoms. The Bertz CT molecular complexity index is 995. The zero-order valence-corrected chi connectivity index (χ0v) is 17.9. The third-order valence-corrected chi connectivity index (χ3v) is 6.02. The van der Waals surface area contributed by atoms with E-state index in [1.54, 1.807) is 7.05 Å². The van der Waals surface area contributed by atoms with Crippen LogP contribution in [0.1, 0.15) is 70.5 Å². The normalized spacial score (nSPS) is 16.5. The molecule has 1 unspecified atom stereocenters. The molecule has 2 aromatic rings. The molecule has 0 aliphatic carbocycles. The molecule has 3 rings (SSSR count). The van der Waals surface area contributed by atoms with Crippen molar-refractivity contribution in [3.05, 3.63) is 27.2 Å². The van der Waals surface area contributed by atoms with Crippen LogP contribution in [0.3, 0.4) is 0 Å². The monoisotopic (exact) mass is 404 g/mol. The van der Waals surface area contributed by atoms with E-state index in [-0.39, 0.29) is 22.8 Å². The minimum Gasteiger partial charge on any atom is -0.373 e. The van der Waals surface area contributed by atoms with Crippen molar-refractivity contribution in [1.29, 1.82) is 0 Å². The van der Waals surface area contributed by atoms with Gasteiger partial charge in [-0.05, 0) is 19.3 Å². The van der Waals surface area contributed by atoms with Crippen LogP contribution in [0.5, 0.6) is 0 Å². The van der Waals surface area contributed by atoms with Gasteiger partial charge in [-0.2, -0.15) is 0 Å². The number of fused-ring (bicyclic) bond motifs is 1. The lowest BCUT2D eigenvalue weighted by molar-refractivity contribution is 0.0744. The first-order valence-electron chi connectivity index (χ1n) is 10.6. The highest BCUT2D eigenvalue weighted by molar-refractivity contribution is 5.91. The second-order valence-corrected chi connectivity index (χ2v) is 8.64. The Labute approximate surface area is 170 Å². The number of carbonyl (C=O) groups is 1. The van der Waals surface area contributed by atoms with Crippen molar-refractivity contribution < 1.29 is 9.53 Å². The fraction of sp³-hybridized carbons (Fsp3) is 0.714. The van der Waals surface area contributed by atoms with E-state index in [1.165, 1.54) is 20.0 Å². The van der Waals surface area contributed by atoms with Gasteiger partial charge in [0.25, 0.3) is 5.56 Å². The van der Waals surface area contributed by atoms with Gasteiger partial charge in [-0.3, -0.25) is 23.3 Å². The first kappa shape index (κ1) is 21.5. The lowest BCUT2D eigenvalue weighted by Crippen LogP contribution is -2.40. The van der Waals surface area contributed by atoms with Crippen LogP contribution >= 0.6 is 0 Å². The van der Waals surface area contributed by atoms with Gasteiger partial charge in [0.1, 0.15) is 6.33 Å². The molecular weight excluding hydrogens is 372 g/mol. The molecule has 8 heteroatoms.